The zero-order valence-corrected chi connectivity index (χ0v) is 17.3. The molecule has 0 atom stereocenters. The molecule has 1 aliphatic heterocycles. The molecule has 0 saturated carbocycles. The van der Waals surface area contributed by atoms with Gasteiger partial charge in [-0.05, 0) is 47.9 Å². The van der Waals surface area contributed by atoms with Gasteiger partial charge in [-0.25, -0.2) is 0 Å². The minimum Gasteiger partial charge on any atom is -0.350 e. The summed E-state index contributed by atoms with van der Waals surface area (Å²) in [6, 6.07) is 12.2. The summed E-state index contributed by atoms with van der Waals surface area (Å²) in [6.45, 7) is 5.46. The van der Waals surface area contributed by atoms with Gasteiger partial charge in [-0.2, -0.15) is 0 Å². The first kappa shape index (κ1) is 21.7. The standard InChI is InChI=1S/C22H22N4O5/c1-13(2)12-25-21(28)19(15-4-10-18(11-5-15)26(30)31)20(22(25)29)24-17-8-6-16(7-9-17)23-14(3)27/h4-11,13,24H,12H2,1-3H3,(H,23,27). The fourth-order valence-corrected chi connectivity index (χ4v) is 3.23. The number of nitro benzene ring substituents is 1. The van der Waals surface area contributed by atoms with Crippen molar-refractivity contribution >= 4 is 40.4 Å². The van der Waals surface area contributed by atoms with Gasteiger partial charge >= 0.3 is 0 Å². The van der Waals surface area contributed by atoms with E-state index in [9.17, 15) is 24.5 Å². The van der Waals surface area contributed by atoms with Crippen LogP contribution in [0.3, 0.4) is 0 Å². The molecule has 0 spiro atoms. The number of nitrogens with zero attached hydrogens (tertiary/aromatic N) is 2. The maximum Gasteiger partial charge on any atom is 0.278 e. The number of rotatable bonds is 7. The SMILES string of the molecule is CC(=O)Nc1ccc(NC2=C(c3ccc([N+](=O)[O-])cc3)C(=O)N(CC(C)C)C2=O)cc1. The molecule has 0 unspecified atom stereocenters. The lowest BCUT2D eigenvalue weighted by Crippen LogP contribution is -2.35. The number of carbonyl (C=O) groups excluding carboxylic acids is 3. The van der Waals surface area contributed by atoms with Gasteiger partial charge in [0.05, 0.1) is 10.5 Å². The maximum absolute atomic E-state index is 13.1. The fourth-order valence-electron chi connectivity index (χ4n) is 3.23. The summed E-state index contributed by atoms with van der Waals surface area (Å²) in [5, 5.41) is 16.6. The molecule has 0 saturated heterocycles. The van der Waals surface area contributed by atoms with Crippen molar-refractivity contribution in [2.75, 3.05) is 17.2 Å². The molecule has 0 radical (unpaired) electrons. The number of amides is 3. The highest BCUT2D eigenvalue weighted by Gasteiger charge is 2.39. The second kappa shape index (κ2) is 8.78. The van der Waals surface area contributed by atoms with Gasteiger partial charge < -0.3 is 10.6 Å². The van der Waals surface area contributed by atoms with Crippen LogP contribution in [-0.2, 0) is 14.4 Å². The first-order valence-electron chi connectivity index (χ1n) is 9.67. The first-order valence-corrected chi connectivity index (χ1v) is 9.67. The number of hydrogen-bond acceptors (Lipinski definition) is 6. The van der Waals surface area contributed by atoms with E-state index in [1.165, 1.54) is 36.1 Å². The van der Waals surface area contributed by atoms with E-state index < -0.39 is 16.7 Å². The summed E-state index contributed by atoms with van der Waals surface area (Å²) in [6.07, 6.45) is 0. The van der Waals surface area contributed by atoms with Gasteiger partial charge in [-0.3, -0.25) is 29.4 Å². The molecule has 1 heterocycles. The van der Waals surface area contributed by atoms with Crippen LogP contribution in [0.15, 0.2) is 54.2 Å². The van der Waals surface area contributed by atoms with Crippen molar-refractivity contribution < 1.29 is 19.3 Å². The van der Waals surface area contributed by atoms with Crippen LogP contribution in [-0.4, -0.2) is 34.1 Å². The summed E-state index contributed by atoms with van der Waals surface area (Å²) in [5.41, 5.74) is 1.71. The highest BCUT2D eigenvalue weighted by molar-refractivity contribution is 6.36. The normalized spacial score (nSPS) is 13.7. The Hall–Kier alpha value is -4.01. The van der Waals surface area contributed by atoms with Gasteiger partial charge in [0.1, 0.15) is 5.70 Å². The van der Waals surface area contributed by atoms with E-state index in [1.807, 2.05) is 13.8 Å². The smallest absolute Gasteiger partial charge is 0.278 e. The Kier molecular flexibility index (Phi) is 6.15. The number of imide groups is 1. The van der Waals surface area contributed by atoms with E-state index in [-0.39, 0.29) is 35.3 Å². The predicted molar refractivity (Wildman–Crippen MR) is 116 cm³/mol. The third-order valence-electron chi connectivity index (χ3n) is 4.56. The molecule has 0 bridgehead atoms. The van der Waals surface area contributed by atoms with E-state index in [1.54, 1.807) is 24.3 Å². The summed E-state index contributed by atoms with van der Waals surface area (Å²) in [5.74, 6) is -1.05. The van der Waals surface area contributed by atoms with Crippen LogP contribution in [0.25, 0.3) is 5.57 Å². The van der Waals surface area contributed by atoms with Crippen molar-refractivity contribution in [3.8, 4) is 0 Å². The second-order valence-electron chi connectivity index (χ2n) is 7.55. The first-order chi connectivity index (χ1) is 14.7. The summed E-state index contributed by atoms with van der Waals surface area (Å²) in [4.78, 5) is 48.9. The van der Waals surface area contributed by atoms with Crippen LogP contribution in [0.4, 0.5) is 17.1 Å². The highest BCUT2D eigenvalue weighted by atomic mass is 16.6. The molecule has 9 nitrogen and oxygen atoms in total. The Balaban J connectivity index is 1.99. The molecule has 2 aromatic rings. The number of hydrogen-bond donors (Lipinski definition) is 2. The molecule has 31 heavy (non-hydrogen) atoms. The second-order valence-corrected chi connectivity index (χ2v) is 7.55. The van der Waals surface area contributed by atoms with Crippen molar-refractivity contribution in [2.24, 2.45) is 5.92 Å². The van der Waals surface area contributed by atoms with Crippen LogP contribution in [0, 0.1) is 16.0 Å². The molecule has 1 aliphatic rings. The lowest BCUT2D eigenvalue weighted by Gasteiger charge is -2.17. The highest BCUT2D eigenvalue weighted by Crippen LogP contribution is 2.32. The molecule has 2 N–H and O–H groups in total. The van der Waals surface area contributed by atoms with Crippen molar-refractivity contribution in [1.29, 1.82) is 0 Å². The number of nitro groups is 1. The maximum atomic E-state index is 13.1. The minimum atomic E-state index is -0.527. The molecule has 0 fully saturated rings. The Labute approximate surface area is 178 Å². The Morgan fingerprint density at radius 1 is 1.00 bits per heavy atom. The van der Waals surface area contributed by atoms with Crippen molar-refractivity contribution in [3.05, 3.63) is 69.9 Å². The molecule has 0 aromatic heterocycles. The molecule has 2 aromatic carbocycles. The number of non-ortho nitro benzene ring substituents is 1. The van der Waals surface area contributed by atoms with Gasteiger partial charge in [0, 0.05) is 37.0 Å². The van der Waals surface area contributed by atoms with Gasteiger partial charge in [0.2, 0.25) is 5.91 Å². The number of nitrogens with one attached hydrogen (secondary N) is 2. The fraction of sp³-hybridized carbons (Fsp3) is 0.227. The number of anilines is 2. The molecule has 160 valence electrons. The third-order valence-corrected chi connectivity index (χ3v) is 4.56. The van der Waals surface area contributed by atoms with E-state index in [2.05, 4.69) is 10.6 Å². The van der Waals surface area contributed by atoms with Gasteiger partial charge in [-0.1, -0.05) is 13.8 Å². The largest absolute Gasteiger partial charge is 0.350 e. The average Bonchev–Trinajstić information content (AvgIpc) is 2.93. The summed E-state index contributed by atoms with van der Waals surface area (Å²) in [7, 11) is 0. The monoisotopic (exact) mass is 422 g/mol. The van der Waals surface area contributed by atoms with Crippen LogP contribution < -0.4 is 10.6 Å². The molecule has 9 heteroatoms. The van der Waals surface area contributed by atoms with E-state index in [4.69, 9.17) is 0 Å². The quantitative estimate of drug-likeness (QED) is 0.401. The Bertz CT molecular complexity index is 1070. The topological polar surface area (TPSA) is 122 Å². The summed E-state index contributed by atoms with van der Waals surface area (Å²) >= 11 is 0. The van der Waals surface area contributed by atoms with Crippen LogP contribution in [0.1, 0.15) is 26.3 Å². The molecular weight excluding hydrogens is 400 g/mol. The van der Waals surface area contributed by atoms with Crippen molar-refractivity contribution in [1.82, 2.24) is 4.90 Å². The van der Waals surface area contributed by atoms with Crippen LogP contribution in [0.2, 0.25) is 0 Å². The van der Waals surface area contributed by atoms with Crippen LogP contribution >= 0.6 is 0 Å². The van der Waals surface area contributed by atoms with E-state index >= 15 is 0 Å². The van der Waals surface area contributed by atoms with Gasteiger partial charge in [0.15, 0.2) is 0 Å². The zero-order chi connectivity index (χ0) is 22.7. The van der Waals surface area contributed by atoms with E-state index in [0.29, 0.717) is 16.9 Å². The van der Waals surface area contributed by atoms with Gasteiger partial charge in [0.25, 0.3) is 17.5 Å². The molecule has 0 aliphatic carbocycles. The van der Waals surface area contributed by atoms with Crippen molar-refractivity contribution in [3.63, 3.8) is 0 Å². The minimum absolute atomic E-state index is 0.0716. The third kappa shape index (κ3) is 4.77. The Morgan fingerprint density at radius 3 is 2.10 bits per heavy atom. The number of benzene rings is 2. The average molecular weight is 422 g/mol. The lowest BCUT2D eigenvalue weighted by atomic mass is 10.0. The molecule has 3 amide bonds. The summed E-state index contributed by atoms with van der Waals surface area (Å²) < 4.78 is 0. The predicted octanol–water partition coefficient (Wildman–Crippen LogP) is 3.40. The van der Waals surface area contributed by atoms with Gasteiger partial charge in [-0.15, -0.1) is 0 Å². The lowest BCUT2D eigenvalue weighted by molar-refractivity contribution is -0.384. The molecular formula is C22H22N4O5. The molecule has 3 rings (SSSR count). The Morgan fingerprint density at radius 2 is 1.58 bits per heavy atom. The zero-order valence-electron chi connectivity index (χ0n) is 17.3. The van der Waals surface area contributed by atoms with Crippen molar-refractivity contribution in [2.45, 2.75) is 20.8 Å². The number of carbonyl (C=O) groups is 3. The van der Waals surface area contributed by atoms with E-state index in [0.717, 1.165) is 0 Å². The van der Waals surface area contributed by atoms with Crippen LogP contribution in [0.5, 0.6) is 0 Å².